The molecule has 168 valence electrons. The van der Waals surface area contributed by atoms with Crippen molar-refractivity contribution in [1.82, 2.24) is 24.8 Å². The summed E-state index contributed by atoms with van der Waals surface area (Å²) in [5.74, 6) is 0.590. The summed E-state index contributed by atoms with van der Waals surface area (Å²) in [5.41, 5.74) is 7.08. The minimum atomic E-state index is 0.590. The topological polar surface area (TPSA) is 46.0 Å². The van der Waals surface area contributed by atoms with E-state index in [4.69, 9.17) is 4.98 Å². The fraction of sp³-hybridized carbons (Fsp3) is 0.286. The van der Waals surface area contributed by atoms with Gasteiger partial charge in [-0.3, -0.25) is 9.88 Å². The van der Waals surface area contributed by atoms with Gasteiger partial charge in [0, 0.05) is 56.0 Å². The maximum Gasteiger partial charge on any atom is 0.140 e. The number of benzene rings is 1. The molecule has 0 bridgehead atoms. The molecule has 1 N–H and O–H groups in total. The molecular formula is C28H31N5. The Bertz CT molecular complexity index is 1220. The Balaban J connectivity index is 1.23. The van der Waals surface area contributed by atoms with E-state index in [9.17, 15) is 0 Å². The minimum Gasteiger partial charge on any atom is -0.388 e. The summed E-state index contributed by atoms with van der Waals surface area (Å²) in [6.45, 7) is 8.11. The van der Waals surface area contributed by atoms with Crippen LogP contribution >= 0.6 is 0 Å². The number of hydrogen-bond acceptors (Lipinski definition) is 4. The van der Waals surface area contributed by atoms with E-state index in [2.05, 4.69) is 87.3 Å². The van der Waals surface area contributed by atoms with Crippen molar-refractivity contribution in [3.05, 3.63) is 102 Å². The summed E-state index contributed by atoms with van der Waals surface area (Å²) in [4.78, 5) is 11.5. The first kappa shape index (κ1) is 21.4. The van der Waals surface area contributed by atoms with E-state index < -0.39 is 0 Å². The van der Waals surface area contributed by atoms with Crippen LogP contribution in [0.1, 0.15) is 41.0 Å². The molecule has 0 atom stereocenters. The van der Waals surface area contributed by atoms with Crippen molar-refractivity contribution in [2.24, 2.45) is 0 Å². The SMILES string of the molecule is C=C(NC)c1ccc(Cn2ccc3cc(C4CCN(Cc5ccncc5)CC4)cnc32)cc1. The summed E-state index contributed by atoms with van der Waals surface area (Å²) in [6.07, 6.45) is 10.4. The van der Waals surface area contributed by atoms with Crippen LogP contribution in [-0.2, 0) is 13.1 Å². The van der Waals surface area contributed by atoms with Crippen LogP contribution in [0, 0.1) is 0 Å². The van der Waals surface area contributed by atoms with Gasteiger partial charge in [0.1, 0.15) is 5.65 Å². The summed E-state index contributed by atoms with van der Waals surface area (Å²) in [6, 6.07) is 17.3. The van der Waals surface area contributed by atoms with Crippen LogP contribution in [0.3, 0.4) is 0 Å². The highest BCUT2D eigenvalue weighted by atomic mass is 15.1. The van der Waals surface area contributed by atoms with Gasteiger partial charge >= 0.3 is 0 Å². The van der Waals surface area contributed by atoms with Crippen molar-refractivity contribution >= 4 is 16.7 Å². The molecule has 0 saturated carbocycles. The van der Waals surface area contributed by atoms with Crippen LogP contribution in [0.4, 0.5) is 0 Å². The highest BCUT2D eigenvalue weighted by molar-refractivity contribution is 5.77. The Morgan fingerprint density at radius 3 is 2.45 bits per heavy atom. The zero-order valence-electron chi connectivity index (χ0n) is 19.2. The molecule has 33 heavy (non-hydrogen) atoms. The van der Waals surface area contributed by atoms with Gasteiger partial charge in [-0.2, -0.15) is 0 Å². The van der Waals surface area contributed by atoms with E-state index in [1.807, 2.05) is 19.4 Å². The molecule has 1 saturated heterocycles. The Morgan fingerprint density at radius 2 is 1.73 bits per heavy atom. The highest BCUT2D eigenvalue weighted by Gasteiger charge is 2.21. The number of piperidine rings is 1. The number of rotatable bonds is 7. The van der Waals surface area contributed by atoms with Crippen LogP contribution < -0.4 is 5.32 Å². The standard InChI is InChI=1S/C28H31N5/c1-21(29-2)24-5-3-22(4-6-24)20-33-16-11-26-17-27(18-31-28(26)33)25-9-14-32(15-10-25)19-23-7-12-30-13-8-23/h3-8,11-13,16-18,25,29H,1,9-10,14-15,19-20H2,2H3. The molecule has 5 rings (SSSR count). The van der Waals surface area contributed by atoms with E-state index in [0.717, 1.165) is 43.1 Å². The number of fused-ring (bicyclic) bond motifs is 1. The first-order chi connectivity index (χ1) is 16.2. The van der Waals surface area contributed by atoms with Gasteiger partial charge in [-0.1, -0.05) is 30.8 Å². The molecule has 4 aromatic rings. The molecule has 1 aliphatic heterocycles. The van der Waals surface area contributed by atoms with Crippen LogP contribution in [-0.4, -0.2) is 39.6 Å². The zero-order chi connectivity index (χ0) is 22.6. The van der Waals surface area contributed by atoms with Crippen molar-refractivity contribution < 1.29 is 0 Å². The Morgan fingerprint density at radius 1 is 1.00 bits per heavy atom. The second-order valence-corrected chi connectivity index (χ2v) is 8.96. The maximum atomic E-state index is 4.88. The van der Waals surface area contributed by atoms with Crippen molar-refractivity contribution in [1.29, 1.82) is 0 Å². The lowest BCUT2D eigenvalue weighted by Crippen LogP contribution is -2.32. The number of nitrogens with zero attached hydrogens (tertiary/aromatic N) is 4. The molecule has 1 fully saturated rings. The van der Waals surface area contributed by atoms with E-state index in [-0.39, 0.29) is 0 Å². The molecule has 0 aliphatic carbocycles. The van der Waals surface area contributed by atoms with Gasteiger partial charge in [-0.05, 0) is 78.4 Å². The van der Waals surface area contributed by atoms with Gasteiger partial charge < -0.3 is 9.88 Å². The van der Waals surface area contributed by atoms with E-state index in [1.165, 1.54) is 34.9 Å². The third-order valence-electron chi connectivity index (χ3n) is 6.79. The van der Waals surface area contributed by atoms with E-state index >= 15 is 0 Å². The Hall–Kier alpha value is -3.44. The quantitative estimate of drug-likeness (QED) is 0.440. The predicted octanol–water partition coefficient (Wildman–Crippen LogP) is 5.05. The molecule has 0 unspecified atom stereocenters. The first-order valence-electron chi connectivity index (χ1n) is 11.7. The van der Waals surface area contributed by atoms with Gasteiger partial charge in [-0.15, -0.1) is 0 Å². The number of pyridine rings is 2. The van der Waals surface area contributed by atoms with Crippen molar-refractivity contribution in [3.8, 4) is 0 Å². The molecule has 5 heteroatoms. The lowest BCUT2D eigenvalue weighted by atomic mass is 9.90. The fourth-order valence-electron chi connectivity index (χ4n) is 4.77. The van der Waals surface area contributed by atoms with E-state index in [0.29, 0.717) is 5.92 Å². The molecule has 1 aliphatic rings. The molecule has 0 radical (unpaired) electrons. The lowest BCUT2D eigenvalue weighted by Gasteiger charge is -2.32. The van der Waals surface area contributed by atoms with Crippen LogP contribution in [0.25, 0.3) is 16.7 Å². The summed E-state index contributed by atoms with van der Waals surface area (Å²) >= 11 is 0. The third kappa shape index (κ3) is 4.83. The average molecular weight is 438 g/mol. The molecule has 0 amide bonds. The largest absolute Gasteiger partial charge is 0.388 e. The van der Waals surface area contributed by atoms with Crippen molar-refractivity contribution in [2.75, 3.05) is 20.1 Å². The highest BCUT2D eigenvalue weighted by Crippen LogP contribution is 2.30. The smallest absolute Gasteiger partial charge is 0.140 e. The van der Waals surface area contributed by atoms with Gasteiger partial charge in [0.2, 0.25) is 0 Å². The fourth-order valence-corrected chi connectivity index (χ4v) is 4.77. The van der Waals surface area contributed by atoms with E-state index in [1.54, 1.807) is 0 Å². The minimum absolute atomic E-state index is 0.590. The van der Waals surface area contributed by atoms with Crippen molar-refractivity contribution in [2.45, 2.75) is 31.8 Å². The zero-order valence-corrected chi connectivity index (χ0v) is 19.2. The number of likely N-dealkylation sites (tertiary alicyclic amines) is 1. The number of aromatic nitrogens is 3. The van der Waals surface area contributed by atoms with Crippen molar-refractivity contribution in [3.63, 3.8) is 0 Å². The molecule has 3 aromatic heterocycles. The molecule has 4 heterocycles. The molecule has 5 nitrogen and oxygen atoms in total. The second kappa shape index (κ2) is 9.59. The number of nitrogens with one attached hydrogen (secondary N) is 1. The Kier molecular flexibility index (Phi) is 6.22. The monoisotopic (exact) mass is 437 g/mol. The normalized spacial score (nSPS) is 15.1. The van der Waals surface area contributed by atoms with Gasteiger partial charge in [0.25, 0.3) is 0 Å². The van der Waals surface area contributed by atoms with Gasteiger partial charge in [0.15, 0.2) is 0 Å². The summed E-state index contributed by atoms with van der Waals surface area (Å²) in [7, 11) is 1.90. The second-order valence-electron chi connectivity index (χ2n) is 8.96. The lowest BCUT2D eigenvalue weighted by molar-refractivity contribution is 0.204. The van der Waals surface area contributed by atoms with Gasteiger partial charge in [0.05, 0.1) is 0 Å². The average Bonchev–Trinajstić information content (AvgIpc) is 3.27. The van der Waals surface area contributed by atoms with Crippen LogP contribution in [0.15, 0.2) is 79.9 Å². The maximum absolute atomic E-state index is 4.88. The summed E-state index contributed by atoms with van der Waals surface area (Å²) in [5, 5.41) is 4.33. The first-order valence-corrected chi connectivity index (χ1v) is 11.7. The predicted molar refractivity (Wildman–Crippen MR) is 135 cm³/mol. The van der Waals surface area contributed by atoms with Crippen LogP contribution in [0.2, 0.25) is 0 Å². The Labute approximate surface area is 195 Å². The molecular weight excluding hydrogens is 406 g/mol. The third-order valence-corrected chi connectivity index (χ3v) is 6.79. The molecule has 1 aromatic carbocycles. The summed E-state index contributed by atoms with van der Waals surface area (Å²) < 4.78 is 2.23. The van der Waals surface area contributed by atoms with Crippen LogP contribution in [0.5, 0.6) is 0 Å². The molecule has 0 spiro atoms. The van der Waals surface area contributed by atoms with Gasteiger partial charge in [-0.25, -0.2) is 4.98 Å². The number of hydrogen-bond donors (Lipinski definition) is 1.